The van der Waals surface area contributed by atoms with Gasteiger partial charge in [0.25, 0.3) is 0 Å². The summed E-state index contributed by atoms with van der Waals surface area (Å²) in [6, 6.07) is 3.36. The van der Waals surface area contributed by atoms with Crippen LogP contribution in [0.5, 0.6) is 0 Å². The summed E-state index contributed by atoms with van der Waals surface area (Å²) >= 11 is 7.88. The van der Waals surface area contributed by atoms with Crippen molar-refractivity contribution in [1.82, 2.24) is 25.4 Å². The molecule has 2 aromatic heterocycles. The van der Waals surface area contributed by atoms with Gasteiger partial charge in [0, 0.05) is 58.1 Å². The molecular weight excluding hydrogens is 507 g/mol. The number of ether oxygens (including phenoxy) is 2. The molecule has 6 rings (SSSR count). The molecule has 3 aliphatic rings. The molecule has 0 radical (unpaired) electrons. The average Bonchev–Trinajstić information content (AvgIpc) is 3.56. The zero-order valence-electron chi connectivity index (χ0n) is 19.2. The number of aromatic nitrogens is 3. The van der Waals surface area contributed by atoms with Gasteiger partial charge >= 0.3 is 5.97 Å². The number of thiazole rings is 1. The summed E-state index contributed by atoms with van der Waals surface area (Å²) in [5.74, 6) is -0.490. The minimum atomic E-state index is -0.800. The maximum Gasteiger partial charge on any atom is 0.338 e. The van der Waals surface area contributed by atoms with E-state index in [-0.39, 0.29) is 17.1 Å². The molecule has 0 saturated carbocycles. The van der Waals surface area contributed by atoms with E-state index in [1.165, 1.54) is 30.6 Å². The summed E-state index contributed by atoms with van der Waals surface area (Å²) in [7, 11) is 1.33. The Morgan fingerprint density at radius 1 is 1.36 bits per heavy atom. The molecule has 1 aromatic carbocycles. The molecule has 3 aromatic rings. The van der Waals surface area contributed by atoms with Crippen molar-refractivity contribution in [2.45, 2.75) is 24.5 Å². The molecule has 2 bridgehead atoms. The molecule has 0 amide bonds. The number of morpholine rings is 1. The highest BCUT2D eigenvalue weighted by Crippen LogP contribution is 2.40. The first-order valence-corrected chi connectivity index (χ1v) is 12.7. The van der Waals surface area contributed by atoms with Crippen molar-refractivity contribution < 1.29 is 18.7 Å². The molecular formula is C24H22ClFN6O3S. The molecule has 3 atom stereocenters. The van der Waals surface area contributed by atoms with Gasteiger partial charge in [-0.1, -0.05) is 17.7 Å². The number of nitrogens with zero attached hydrogens (tertiary/aromatic N) is 4. The fourth-order valence-electron chi connectivity index (χ4n) is 5.10. The van der Waals surface area contributed by atoms with Gasteiger partial charge in [0.15, 0.2) is 10.8 Å². The Balaban J connectivity index is 1.46. The third-order valence-electron chi connectivity index (χ3n) is 6.77. The Labute approximate surface area is 215 Å². The summed E-state index contributed by atoms with van der Waals surface area (Å²) in [5.41, 5.74) is 3.67. The number of carbonyl (C=O) groups excluding carboxylic acids is 1. The second-order valence-corrected chi connectivity index (χ2v) is 10.1. The Hall–Kier alpha value is -3.12. The van der Waals surface area contributed by atoms with Crippen molar-refractivity contribution in [2.24, 2.45) is 4.99 Å². The van der Waals surface area contributed by atoms with E-state index in [1.54, 1.807) is 12.3 Å². The summed E-state index contributed by atoms with van der Waals surface area (Å²) in [6.45, 7) is 1.49. The van der Waals surface area contributed by atoms with Crippen LogP contribution in [0.3, 0.4) is 0 Å². The molecule has 0 spiro atoms. The highest BCUT2D eigenvalue weighted by Gasteiger charge is 2.42. The Morgan fingerprint density at radius 3 is 3.03 bits per heavy atom. The van der Waals surface area contributed by atoms with E-state index < -0.39 is 17.8 Å². The first kappa shape index (κ1) is 23.3. The van der Waals surface area contributed by atoms with Crippen LogP contribution in [0.15, 0.2) is 52.2 Å². The summed E-state index contributed by atoms with van der Waals surface area (Å²) < 4.78 is 24.9. The normalized spacial score (nSPS) is 23.6. The standard InChI is InChI=1S/C24H22ClFN6O3S/c1-34-24(33)20-18(9-32-13-7-17-15(8-28-31-17)19(32)11-35-10-13)29-22(23-27-4-5-36-23)30-21(20)14-3-2-12(26)6-16(14)25/h2-6,8,13,19,21H,7,9-11H2,1H3,(H,28,31)(H,29,30)/t13?,19-,21?/m0/s1. The molecule has 5 heterocycles. The van der Waals surface area contributed by atoms with Crippen molar-refractivity contribution >= 4 is 34.7 Å². The summed E-state index contributed by atoms with van der Waals surface area (Å²) in [5, 5.41) is 13.4. The highest BCUT2D eigenvalue weighted by atomic mass is 35.5. The monoisotopic (exact) mass is 528 g/mol. The average molecular weight is 529 g/mol. The van der Waals surface area contributed by atoms with Gasteiger partial charge in [-0.05, 0) is 12.1 Å². The number of H-pyrrole nitrogens is 1. The van der Waals surface area contributed by atoms with Crippen molar-refractivity contribution in [2.75, 3.05) is 26.9 Å². The van der Waals surface area contributed by atoms with Gasteiger partial charge in [-0.3, -0.25) is 15.0 Å². The molecule has 186 valence electrons. The minimum Gasteiger partial charge on any atom is -0.466 e. The Kier molecular flexibility index (Phi) is 6.08. The number of methoxy groups -OCH3 is 1. The molecule has 1 fully saturated rings. The molecule has 1 saturated heterocycles. The van der Waals surface area contributed by atoms with E-state index in [0.29, 0.717) is 47.4 Å². The van der Waals surface area contributed by atoms with Crippen molar-refractivity contribution in [3.8, 4) is 0 Å². The number of carbonyl (C=O) groups is 1. The third-order valence-corrected chi connectivity index (χ3v) is 7.88. The second kappa shape index (κ2) is 9.40. The van der Waals surface area contributed by atoms with Gasteiger partial charge in [-0.25, -0.2) is 14.2 Å². The first-order valence-electron chi connectivity index (χ1n) is 11.4. The zero-order valence-corrected chi connectivity index (χ0v) is 20.8. The Bertz CT molecular complexity index is 1370. The molecule has 2 N–H and O–H groups in total. The van der Waals surface area contributed by atoms with E-state index in [2.05, 4.69) is 25.4 Å². The van der Waals surface area contributed by atoms with Gasteiger partial charge in [0.05, 0.1) is 38.1 Å². The number of aliphatic imine (C=N–C) groups is 1. The van der Waals surface area contributed by atoms with Crippen LogP contribution >= 0.6 is 22.9 Å². The quantitative estimate of drug-likeness (QED) is 0.490. The largest absolute Gasteiger partial charge is 0.466 e. The smallest absolute Gasteiger partial charge is 0.338 e. The van der Waals surface area contributed by atoms with Crippen LogP contribution in [0.25, 0.3) is 0 Å². The molecule has 12 heteroatoms. The number of hydrogen-bond donors (Lipinski definition) is 2. The van der Waals surface area contributed by atoms with Crippen LogP contribution in [-0.4, -0.2) is 64.8 Å². The van der Waals surface area contributed by atoms with Crippen molar-refractivity contribution in [3.05, 3.63) is 79.9 Å². The third kappa shape index (κ3) is 4.01. The van der Waals surface area contributed by atoms with Gasteiger partial charge in [-0.15, -0.1) is 11.3 Å². The van der Waals surface area contributed by atoms with Crippen LogP contribution in [0.4, 0.5) is 4.39 Å². The second-order valence-electron chi connectivity index (χ2n) is 8.78. The topological polar surface area (TPSA) is 105 Å². The summed E-state index contributed by atoms with van der Waals surface area (Å²) in [6.07, 6.45) is 4.29. The fourth-order valence-corrected chi connectivity index (χ4v) is 5.96. The molecule has 3 aliphatic heterocycles. The number of esters is 1. The van der Waals surface area contributed by atoms with Crippen LogP contribution in [0.2, 0.25) is 5.02 Å². The minimum absolute atomic E-state index is 0.0190. The van der Waals surface area contributed by atoms with Crippen LogP contribution in [-0.2, 0) is 20.7 Å². The maximum atomic E-state index is 13.9. The number of halogens is 2. The lowest BCUT2D eigenvalue weighted by molar-refractivity contribution is -0.136. The number of amidine groups is 1. The van der Waals surface area contributed by atoms with Gasteiger partial charge in [-0.2, -0.15) is 5.10 Å². The predicted molar refractivity (Wildman–Crippen MR) is 131 cm³/mol. The number of aromatic amines is 1. The van der Waals surface area contributed by atoms with E-state index in [1.807, 2.05) is 11.6 Å². The van der Waals surface area contributed by atoms with Gasteiger partial charge in [0.2, 0.25) is 0 Å². The number of hydrogen-bond acceptors (Lipinski definition) is 9. The lowest BCUT2D eigenvalue weighted by Gasteiger charge is -2.46. The highest BCUT2D eigenvalue weighted by molar-refractivity contribution is 7.11. The predicted octanol–water partition coefficient (Wildman–Crippen LogP) is 3.18. The first-order chi connectivity index (χ1) is 17.5. The van der Waals surface area contributed by atoms with Crippen LogP contribution in [0, 0.1) is 5.82 Å². The molecule has 0 aliphatic carbocycles. The zero-order chi connectivity index (χ0) is 24.8. The summed E-state index contributed by atoms with van der Waals surface area (Å²) in [4.78, 5) is 24.7. The lowest BCUT2D eigenvalue weighted by atomic mass is 9.90. The van der Waals surface area contributed by atoms with E-state index >= 15 is 0 Å². The van der Waals surface area contributed by atoms with E-state index in [4.69, 9.17) is 26.1 Å². The Morgan fingerprint density at radius 2 is 2.25 bits per heavy atom. The van der Waals surface area contributed by atoms with Crippen molar-refractivity contribution in [1.29, 1.82) is 0 Å². The van der Waals surface area contributed by atoms with Crippen LogP contribution in [0.1, 0.15) is 33.9 Å². The van der Waals surface area contributed by atoms with Crippen molar-refractivity contribution in [3.63, 3.8) is 0 Å². The maximum absolute atomic E-state index is 13.9. The van der Waals surface area contributed by atoms with Gasteiger partial charge < -0.3 is 14.8 Å². The molecule has 2 unspecified atom stereocenters. The number of benzene rings is 1. The molecule has 9 nitrogen and oxygen atoms in total. The number of nitrogens with one attached hydrogen (secondary N) is 2. The lowest BCUT2D eigenvalue weighted by Crippen LogP contribution is -2.53. The SMILES string of the molecule is COC(=O)C1=C(CN2C3COC[C@H]2c2cn[nH]c2C3)NC(c2nccs2)=NC1c1ccc(F)cc1Cl. The van der Waals surface area contributed by atoms with E-state index in [0.717, 1.165) is 17.7 Å². The van der Waals surface area contributed by atoms with Gasteiger partial charge in [0.1, 0.15) is 11.9 Å². The van der Waals surface area contributed by atoms with E-state index in [9.17, 15) is 9.18 Å². The van der Waals surface area contributed by atoms with Crippen LogP contribution < -0.4 is 5.32 Å². The fraction of sp³-hybridized carbons (Fsp3) is 0.333. The number of rotatable bonds is 5. The number of fused-ring (bicyclic) bond motifs is 4. The molecule has 36 heavy (non-hydrogen) atoms.